The van der Waals surface area contributed by atoms with Crippen LogP contribution >= 0.6 is 23.4 Å². The van der Waals surface area contributed by atoms with Crippen LogP contribution in [0.2, 0.25) is 5.02 Å². The Hall–Kier alpha value is -0.710. The maximum absolute atomic E-state index is 11.7. The molecule has 5 heteroatoms. The topological polar surface area (TPSA) is 23.6 Å². The fourth-order valence-corrected chi connectivity index (χ4v) is 3.84. The predicted molar refractivity (Wildman–Crippen MR) is 91.0 cm³/mol. The number of thioether (sulfide) groups is 1. The largest absolute Gasteiger partial charge is 0.349 e. The Morgan fingerprint density at radius 3 is 2.76 bits per heavy atom. The number of hydrogen-bond acceptors (Lipinski definition) is 3. The Bertz CT molecular complexity index is 464. The Morgan fingerprint density at radius 1 is 1.38 bits per heavy atom. The van der Waals surface area contributed by atoms with Gasteiger partial charge in [0, 0.05) is 49.6 Å². The minimum Gasteiger partial charge on any atom is -0.349 e. The first-order valence-electron chi connectivity index (χ1n) is 7.35. The first-order valence-corrected chi connectivity index (χ1v) is 8.88. The van der Waals surface area contributed by atoms with Gasteiger partial charge in [-0.1, -0.05) is 23.7 Å². The van der Waals surface area contributed by atoms with E-state index in [9.17, 15) is 4.79 Å². The van der Waals surface area contributed by atoms with Crippen molar-refractivity contribution in [3.8, 4) is 0 Å². The molecule has 0 aromatic heterocycles. The molecule has 0 saturated carbocycles. The van der Waals surface area contributed by atoms with Gasteiger partial charge >= 0.3 is 0 Å². The van der Waals surface area contributed by atoms with Crippen LogP contribution in [0.15, 0.2) is 24.3 Å². The van der Waals surface area contributed by atoms with Gasteiger partial charge in [-0.15, -0.1) is 0 Å². The molecule has 116 valence electrons. The smallest absolute Gasteiger partial charge is 0.222 e. The van der Waals surface area contributed by atoms with Crippen LogP contribution in [0.25, 0.3) is 0 Å². The van der Waals surface area contributed by atoms with Gasteiger partial charge < -0.3 is 4.90 Å². The molecule has 0 aliphatic carbocycles. The molecule has 1 saturated heterocycles. The molecule has 1 heterocycles. The van der Waals surface area contributed by atoms with Gasteiger partial charge in [0.1, 0.15) is 0 Å². The molecule has 2 rings (SSSR count). The van der Waals surface area contributed by atoms with Gasteiger partial charge in [-0.3, -0.25) is 9.69 Å². The van der Waals surface area contributed by atoms with Gasteiger partial charge in [-0.25, -0.2) is 0 Å². The van der Waals surface area contributed by atoms with Crippen LogP contribution in [0.1, 0.15) is 24.4 Å². The lowest BCUT2D eigenvalue weighted by Gasteiger charge is -2.35. The number of nitrogens with zero attached hydrogens (tertiary/aromatic N) is 2. The minimum absolute atomic E-state index is 0.212. The number of hydrogen-bond donors (Lipinski definition) is 0. The number of carbonyl (C=O) groups is 1. The van der Waals surface area contributed by atoms with Crippen molar-refractivity contribution in [2.75, 3.05) is 38.7 Å². The van der Waals surface area contributed by atoms with Crippen LogP contribution in [-0.4, -0.2) is 54.4 Å². The summed E-state index contributed by atoms with van der Waals surface area (Å²) in [4.78, 5) is 15.8. The lowest BCUT2D eigenvalue weighted by molar-refractivity contribution is -0.128. The molecule has 1 amide bonds. The van der Waals surface area contributed by atoms with Crippen LogP contribution in [0.5, 0.6) is 0 Å². The third kappa shape index (κ3) is 4.90. The van der Waals surface area contributed by atoms with Crippen LogP contribution in [0.3, 0.4) is 0 Å². The first-order chi connectivity index (χ1) is 10.1. The summed E-state index contributed by atoms with van der Waals surface area (Å²) in [5, 5.41) is 0.783. The van der Waals surface area contributed by atoms with Gasteiger partial charge in [-0.05, 0) is 30.7 Å². The molecule has 0 spiro atoms. The number of benzene rings is 1. The van der Waals surface area contributed by atoms with Crippen molar-refractivity contribution in [2.45, 2.75) is 18.9 Å². The van der Waals surface area contributed by atoms with Crippen molar-refractivity contribution in [2.24, 2.45) is 0 Å². The summed E-state index contributed by atoms with van der Waals surface area (Å²) in [5.41, 5.74) is 1.32. The fourth-order valence-electron chi connectivity index (χ4n) is 2.55. The number of halogens is 1. The SMILES string of the molecule is CN(C)C(=O)CCCN1CCSC[C@@H]1c1ccc(Cl)cc1. The van der Waals surface area contributed by atoms with Crippen LogP contribution in [-0.2, 0) is 4.79 Å². The third-order valence-electron chi connectivity index (χ3n) is 3.83. The standard InChI is InChI=1S/C16H23ClN2OS/c1-18(2)16(20)4-3-9-19-10-11-21-12-15(19)13-5-7-14(17)8-6-13/h5-8,15H,3-4,9-12H2,1-2H3/t15-/m1/s1. The van der Waals surface area contributed by atoms with E-state index in [2.05, 4.69) is 17.0 Å². The number of carbonyl (C=O) groups excluding carboxylic acids is 1. The van der Waals surface area contributed by atoms with Crippen LogP contribution in [0, 0.1) is 0 Å². The second kappa shape index (κ2) is 8.06. The zero-order valence-corrected chi connectivity index (χ0v) is 14.3. The molecule has 21 heavy (non-hydrogen) atoms. The first kappa shape index (κ1) is 16.7. The second-order valence-electron chi connectivity index (χ2n) is 5.57. The van der Waals surface area contributed by atoms with Gasteiger partial charge in [0.25, 0.3) is 0 Å². The van der Waals surface area contributed by atoms with Crippen molar-refractivity contribution < 1.29 is 4.79 Å². The predicted octanol–water partition coefficient (Wildman–Crippen LogP) is 3.30. The molecule has 3 nitrogen and oxygen atoms in total. The summed E-state index contributed by atoms with van der Waals surface area (Å²) < 4.78 is 0. The molecule has 1 aliphatic heterocycles. The van der Waals surface area contributed by atoms with Crippen LogP contribution in [0.4, 0.5) is 0 Å². The zero-order chi connectivity index (χ0) is 15.2. The van der Waals surface area contributed by atoms with E-state index in [0.29, 0.717) is 12.5 Å². The van der Waals surface area contributed by atoms with E-state index in [1.54, 1.807) is 4.90 Å². The van der Waals surface area contributed by atoms with E-state index in [0.717, 1.165) is 30.3 Å². The monoisotopic (exact) mass is 326 g/mol. The Morgan fingerprint density at radius 2 is 2.10 bits per heavy atom. The Labute approximate surface area is 136 Å². The summed E-state index contributed by atoms with van der Waals surface area (Å²) in [6.07, 6.45) is 1.55. The molecule has 0 unspecified atom stereocenters. The zero-order valence-electron chi connectivity index (χ0n) is 12.7. The molecular weight excluding hydrogens is 304 g/mol. The van der Waals surface area contributed by atoms with E-state index in [1.807, 2.05) is 38.0 Å². The van der Waals surface area contributed by atoms with Gasteiger partial charge in [0.05, 0.1) is 0 Å². The van der Waals surface area contributed by atoms with E-state index in [1.165, 1.54) is 11.3 Å². The van der Waals surface area contributed by atoms with Crippen molar-refractivity contribution in [3.63, 3.8) is 0 Å². The maximum atomic E-state index is 11.7. The molecular formula is C16H23ClN2OS. The average Bonchev–Trinajstić information content (AvgIpc) is 2.48. The summed E-state index contributed by atoms with van der Waals surface area (Å²) in [5.74, 6) is 2.50. The van der Waals surface area contributed by atoms with Gasteiger partial charge in [0.15, 0.2) is 0 Å². The molecule has 0 radical (unpaired) electrons. The minimum atomic E-state index is 0.212. The highest BCUT2D eigenvalue weighted by molar-refractivity contribution is 7.99. The van der Waals surface area contributed by atoms with Crippen molar-refractivity contribution in [1.29, 1.82) is 0 Å². The van der Waals surface area contributed by atoms with Gasteiger partial charge in [-0.2, -0.15) is 11.8 Å². The van der Waals surface area contributed by atoms with E-state index >= 15 is 0 Å². The Kier molecular flexibility index (Phi) is 6.40. The molecule has 1 fully saturated rings. The fraction of sp³-hybridized carbons (Fsp3) is 0.562. The lowest BCUT2D eigenvalue weighted by atomic mass is 10.1. The van der Waals surface area contributed by atoms with Gasteiger partial charge in [0.2, 0.25) is 5.91 Å². The third-order valence-corrected chi connectivity index (χ3v) is 5.10. The van der Waals surface area contributed by atoms with E-state index in [-0.39, 0.29) is 5.91 Å². The lowest BCUT2D eigenvalue weighted by Crippen LogP contribution is -2.37. The highest BCUT2D eigenvalue weighted by Gasteiger charge is 2.24. The second-order valence-corrected chi connectivity index (χ2v) is 7.16. The normalized spacial score (nSPS) is 19.5. The molecule has 1 aromatic carbocycles. The van der Waals surface area contributed by atoms with E-state index in [4.69, 9.17) is 11.6 Å². The van der Waals surface area contributed by atoms with Crippen molar-refractivity contribution >= 4 is 29.3 Å². The quantitative estimate of drug-likeness (QED) is 0.829. The summed E-state index contributed by atoms with van der Waals surface area (Å²) in [7, 11) is 3.63. The summed E-state index contributed by atoms with van der Waals surface area (Å²) in [6, 6.07) is 8.61. The number of rotatable bonds is 5. The molecule has 0 N–H and O–H groups in total. The molecule has 1 atom stereocenters. The average molecular weight is 327 g/mol. The highest BCUT2D eigenvalue weighted by atomic mass is 35.5. The highest BCUT2D eigenvalue weighted by Crippen LogP contribution is 2.30. The molecule has 1 aromatic rings. The van der Waals surface area contributed by atoms with Crippen molar-refractivity contribution in [3.05, 3.63) is 34.9 Å². The summed E-state index contributed by atoms with van der Waals surface area (Å²) >= 11 is 7.97. The maximum Gasteiger partial charge on any atom is 0.222 e. The van der Waals surface area contributed by atoms with Crippen molar-refractivity contribution in [1.82, 2.24) is 9.80 Å². The van der Waals surface area contributed by atoms with Crippen LogP contribution < -0.4 is 0 Å². The van der Waals surface area contributed by atoms with E-state index < -0.39 is 0 Å². The number of amides is 1. The molecule has 0 bridgehead atoms. The summed E-state index contributed by atoms with van der Waals surface area (Å²) in [6.45, 7) is 2.07. The Balaban J connectivity index is 1.92. The molecule has 1 aliphatic rings.